The Bertz CT molecular complexity index is 526. The lowest BCUT2D eigenvalue weighted by molar-refractivity contribution is -0.145. The van der Waals surface area contributed by atoms with Crippen LogP contribution in [0.1, 0.15) is 44.7 Å². The summed E-state index contributed by atoms with van der Waals surface area (Å²) in [6.07, 6.45) is 8.08. The van der Waals surface area contributed by atoms with Gasteiger partial charge < -0.3 is 10.0 Å². The normalized spacial score (nSPS) is 24.4. The first-order chi connectivity index (χ1) is 10.1. The molecule has 0 bridgehead atoms. The zero-order valence-corrected chi connectivity index (χ0v) is 12.6. The van der Waals surface area contributed by atoms with Crippen molar-refractivity contribution >= 4 is 11.8 Å². The highest BCUT2D eigenvalue weighted by Gasteiger charge is 2.50. The van der Waals surface area contributed by atoms with Gasteiger partial charge in [0.15, 0.2) is 0 Å². The molecule has 1 N–H and O–H groups in total. The van der Waals surface area contributed by atoms with E-state index in [1.54, 1.807) is 6.33 Å². The van der Waals surface area contributed by atoms with E-state index in [1.807, 2.05) is 6.07 Å². The van der Waals surface area contributed by atoms with E-state index < -0.39 is 5.97 Å². The molecular formula is C16H23N3O2. The minimum absolute atomic E-state index is 0.0542. The molecule has 0 amide bonds. The summed E-state index contributed by atoms with van der Waals surface area (Å²) >= 11 is 0. The number of hydrogen-bond acceptors (Lipinski definition) is 4. The van der Waals surface area contributed by atoms with Crippen LogP contribution in [-0.4, -0.2) is 34.1 Å². The Labute approximate surface area is 125 Å². The van der Waals surface area contributed by atoms with Crippen LogP contribution in [0.15, 0.2) is 12.4 Å². The van der Waals surface area contributed by atoms with E-state index in [9.17, 15) is 9.90 Å². The molecule has 114 valence electrons. The molecule has 1 aromatic rings. The van der Waals surface area contributed by atoms with E-state index in [-0.39, 0.29) is 11.3 Å². The van der Waals surface area contributed by atoms with Crippen molar-refractivity contribution in [3.05, 3.63) is 18.1 Å². The van der Waals surface area contributed by atoms with Crippen molar-refractivity contribution in [2.24, 2.45) is 11.3 Å². The molecule has 5 nitrogen and oxygen atoms in total. The first kappa shape index (κ1) is 14.3. The molecule has 0 aromatic carbocycles. The van der Waals surface area contributed by atoms with Gasteiger partial charge in [0.05, 0.1) is 5.92 Å². The van der Waals surface area contributed by atoms with Crippen LogP contribution in [0, 0.1) is 11.3 Å². The maximum absolute atomic E-state index is 11.7. The topological polar surface area (TPSA) is 66.3 Å². The smallest absolute Gasteiger partial charge is 0.308 e. The van der Waals surface area contributed by atoms with Gasteiger partial charge in [0, 0.05) is 30.3 Å². The summed E-state index contributed by atoms with van der Waals surface area (Å²) in [4.78, 5) is 22.5. The van der Waals surface area contributed by atoms with Gasteiger partial charge in [-0.2, -0.15) is 0 Å². The highest BCUT2D eigenvalue weighted by Crippen LogP contribution is 2.48. The van der Waals surface area contributed by atoms with Gasteiger partial charge in [0.25, 0.3) is 0 Å². The van der Waals surface area contributed by atoms with E-state index in [1.165, 1.54) is 6.42 Å². The highest BCUT2D eigenvalue weighted by molar-refractivity contribution is 5.73. The molecule has 1 saturated carbocycles. The fourth-order valence-electron chi connectivity index (χ4n) is 4.00. The molecule has 21 heavy (non-hydrogen) atoms. The van der Waals surface area contributed by atoms with Gasteiger partial charge in [-0.25, -0.2) is 9.97 Å². The Kier molecular flexibility index (Phi) is 3.83. The van der Waals surface area contributed by atoms with Gasteiger partial charge in [0.1, 0.15) is 12.1 Å². The number of carboxylic acids is 1. The number of aliphatic carboxylic acids is 1. The predicted octanol–water partition coefficient (Wildman–Crippen LogP) is 2.51. The fraction of sp³-hybridized carbons (Fsp3) is 0.688. The summed E-state index contributed by atoms with van der Waals surface area (Å²) in [6.45, 7) is 3.47. The SMILES string of the molecule is CCc1cc(N2C[C@H](C(=O)O)C3(CCCCC3)C2)ncn1. The number of hydrogen-bond donors (Lipinski definition) is 1. The van der Waals surface area contributed by atoms with Gasteiger partial charge in [-0.1, -0.05) is 26.2 Å². The molecule has 1 spiro atoms. The van der Waals surface area contributed by atoms with Crippen LogP contribution in [0.4, 0.5) is 5.82 Å². The number of aromatic nitrogens is 2. The quantitative estimate of drug-likeness (QED) is 0.926. The summed E-state index contributed by atoms with van der Waals surface area (Å²) in [5, 5.41) is 9.64. The van der Waals surface area contributed by atoms with Crippen LogP contribution < -0.4 is 4.90 Å². The summed E-state index contributed by atoms with van der Waals surface area (Å²) in [6, 6.07) is 2.00. The third-order valence-corrected chi connectivity index (χ3v) is 5.19. The van der Waals surface area contributed by atoms with Crippen LogP contribution in [0.5, 0.6) is 0 Å². The first-order valence-electron chi connectivity index (χ1n) is 7.93. The Balaban J connectivity index is 1.87. The molecule has 0 radical (unpaired) electrons. The van der Waals surface area contributed by atoms with Crippen LogP contribution >= 0.6 is 0 Å². The second-order valence-electron chi connectivity index (χ2n) is 6.42. The summed E-state index contributed by atoms with van der Waals surface area (Å²) < 4.78 is 0. The van der Waals surface area contributed by atoms with Crippen molar-refractivity contribution < 1.29 is 9.90 Å². The Morgan fingerprint density at radius 1 is 1.38 bits per heavy atom. The monoisotopic (exact) mass is 289 g/mol. The molecule has 1 saturated heterocycles. The zero-order valence-electron chi connectivity index (χ0n) is 12.6. The average molecular weight is 289 g/mol. The largest absolute Gasteiger partial charge is 0.481 e. The first-order valence-corrected chi connectivity index (χ1v) is 7.93. The van der Waals surface area contributed by atoms with Crippen molar-refractivity contribution in [2.45, 2.75) is 45.4 Å². The van der Waals surface area contributed by atoms with Crippen molar-refractivity contribution in [1.82, 2.24) is 9.97 Å². The molecule has 1 aliphatic carbocycles. The average Bonchev–Trinajstić information content (AvgIpc) is 2.87. The van der Waals surface area contributed by atoms with Gasteiger partial charge in [0.2, 0.25) is 0 Å². The molecule has 2 fully saturated rings. The molecule has 5 heteroatoms. The molecule has 2 aliphatic rings. The van der Waals surface area contributed by atoms with E-state index in [4.69, 9.17) is 0 Å². The molecule has 1 aliphatic heterocycles. The Morgan fingerprint density at radius 2 is 2.14 bits per heavy atom. The highest BCUT2D eigenvalue weighted by atomic mass is 16.4. The number of anilines is 1. The third kappa shape index (κ3) is 2.61. The van der Waals surface area contributed by atoms with Gasteiger partial charge >= 0.3 is 5.97 Å². The van der Waals surface area contributed by atoms with E-state index in [2.05, 4.69) is 21.8 Å². The van der Waals surface area contributed by atoms with Gasteiger partial charge in [-0.05, 0) is 19.3 Å². The van der Waals surface area contributed by atoms with Gasteiger partial charge in [-0.15, -0.1) is 0 Å². The number of rotatable bonds is 3. The van der Waals surface area contributed by atoms with Crippen LogP contribution in [-0.2, 0) is 11.2 Å². The third-order valence-electron chi connectivity index (χ3n) is 5.19. The summed E-state index contributed by atoms with van der Waals surface area (Å²) in [5.74, 6) is -0.0300. The van der Waals surface area contributed by atoms with Crippen molar-refractivity contribution in [3.8, 4) is 0 Å². The van der Waals surface area contributed by atoms with E-state index in [0.29, 0.717) is 6.54 Å². The van der Waals surface area contributed by atoms with Crippen molar-refractivity contribution in [3.63, 3.8) is 0 Å². The molecule has 1 atom stereocenters. The second-order valence-corrected chi connectivity index (χ2v) is 6.42. The summed E-state index contributed by atoms with van der Waals surface area (Å²) in [5.41, 5.74) is 0.956. The predicted molar refractivity (Wildman–Crippen MR) is 80.3 cm³/mol. The van der Waals surface area contributed by atoms with Crippen LogP contribution in [0.2, 0.25) is 0 Å². The lowest BCUT2D eigenvalue weighted by Gasteiger charge is -2.36. The Hall–Kier alpha value is -1.65. The number of aryl methyl sites for hydroxylation is 1. The number of carbonyl (C=O) groups is 1. The van der Waals surface area contributed by atoms with Crippen LogP contribution in [0.3, 0.4) is 0 Å². The number of carboxylic acid groups (broad SMARTS) is 1. The maximum Gasteiger partial charge on any atom is 0.308 e. The van der Waals surface area contributed by atoms with Crippen molar-refractivity contribution in [2.75, 3.05) is 18.0 Å². The lowest BCUT2D eigenvalue weighted by Crippen LogP contribution is -2.36. The molecule has 0 unspecified atom stereocenters. The maximum atomic E-state index is 11.7. The standard InChI is InChI=1S/C16H23N3O2/c1-2-12-8-14(18-11-17-12)19-9-13(15(20)21)16(10-19)6-4-3-5-7-16/h8,11,13H,2-7,9-10H2,1H3,(H,20,21)/t13-/m1/s1. The van der Waals surface area contributed by atoms with E-state index >= 15 is 0 Å². The summed E-state index contributed by atoms with van der Waals surface area (Å²) in [7, 11) is 0. The fourth-order valence-corrected chi connectivity index (χ4v) is 4.00. The Morgan fingerprint density at radius 3 is 2.81 bits per heavy atom. The molecular weight excluding hydrogens is 266 g/mol. The molecule has 2 heterocycles. The minimum atomic E-state index is -0.649. The zero-order chi connectivity index (χ0) is 14.9. The second kappa shape index (κ2) is 5.62. The molecule has 3 rings (SSSR count). The lowest BCUT2D eigenvalue weighted by atomic mass is 9.68. The van der Waals surface area contributed by atoms with Crippen LogP contribution in [0.25, 0.3) is 0 Å². The van der Waals surface area contributed by atoms with Crippen molar-refractivity contribution in [1.29, 1.82) is 0 Å². The number of nitrogens with zero attached hydrogens (tertiary/aromatic N) is 3. The van der Waals surface area contributed by atoms with Gasteiger partial charge in [-0.3, -0.25) is 4.79 Å². The minimum Gasteiger partial charge on any atom is -0.481 e. The van der Waals surface area contributed by atoms with E-state index in [0.717, 1.165) is 50.2 Å². The molecule has 1 aromatic heterocycles.